The van der Waals surface area contributed by atoms with Gasteiger partial charge in [-0.2, -0.15) is 0 Å². The predicted molar refractivity (Wildman–Crippen MR) is 98.6 cm³/mol. The van der Waals surface area contributed by atoms with Crippen LogP contribution in [0.2, 0.25) is 0 Å². The van der Waals surface area contributed by atoms with Crippen LogP contribution in [0, 0.1) is 0 Å². The maximum atomic E-state index is 12.1. The largest absolute Gasteiger partial charge is 0.493 e. The van der Waals surface area contributed by atoms with Crippen molar-refractivity contribution in [2.75, 3.05) is 25.5 Å². The van der Waals surface area contributed by atoms with E-state index in [-0.39, 0.29) is 18.4 Å². The van der Waals surface area contributed by atoms with Crippen LogP contribution in [-0.2, 0) is 9.59 Å². The molecule has 6 nitrogen and oxygen atoms in total. The van der Waals surface area contributed by atoms with Gasteiger partial charge in [-0.15, -0.1) is 0 Å². The minimum absolute atomic E-state index is 0.0481. The summed E-state index contributed by atoms with van der Waals surface area (Å²) in [7, 11) is 1.59. The number of hydrogen-bond acceptors (Lipinski definition) is 4. The van der Waals surface area contributed by atoms with Gasteiger partial charge >= 0.3 is 0 Å². The van der Waals surface area contributed by atoms with Crippen molar-refractivity contribution in [3.8, 4) is 17.2 Å². The Hall–Kier alpha value is -3.02. The molecule has 0 aliphatic carbocycles. The molecule has 0 saturated carbocycles. The predicted octanol–water partition coefficient (Wildman–Crippen LogP) is 3.44. The number of para-hydroxylation sites is 2. The normalized spacial score (nSPS) is 14.0. The molecule has 2 amide bonds. The summed E-state index contributed by atoms with van der Waals surface area (Å²) in [5, 5.41) is 2.81. The third-order valence-corrected chi connectivity index (χ3v) is 4.19. The number of carbonyl (C=O) groups excluding carboxylic acids is 2. The second kappa shape index (κ2) is 8.38. The molecule has 1 fully saturated rings. The standard InChI is InChI=1S/C20H22N2O4/c1-25-17-6-2-3-7-18(17)26-16-11-9-15(10-12-16)21-19(23)14-22-13-5-4-8-20(22)24/h2-3,6-7,9-12H,4-5,8,13-14H2,1H3,(H,21,23). The van der Waals surface area contributed by atoms with Crippen molar-refractivity contribution in [3.63, 3.8) is 0 Å². The number of carbonyl (C=O) groups is 2. The van der Waals surface area contributed by atoms with Crippen LogP contribution in [0.5, 0.6) is 17.2 Å². The molecule has 3 rings (SSSR count). The van der Waals surface area contributed by atoms with Crippen molar-refractivity contribution in [2.45, 2.75) is 19.3 Å². The number of likely N-dealkylation sites (tertiary alicyclic amines) is 1. The van der Waals surface area contributed by atoms with Crippen molar-refractivity contribution < 1.29 is 19.1 Å². The Bertz CT molecular complexity index is 774. The second-order valence-electron chi connectivity index (χ2n) is 6.10. The summed E-state index contributed by atoms with van der Waals surface area (Å²) in [6.45, 7) is 0.746. The molecule has 0 spiro atoms. The average Bonchev–Trinajstić information content (AvgIpc) is 2.66. The molecule has 0 unspecified atom stereocenters. The highest BCUT2D eigenvalue weighted by atomic mass is 16.5. The molecule has 136 valence electrons. The van der Waals surface area contributed by atoms with Crippen molar-refractivity contribution in [1.82, 2.24) is 4.90 Å². The summed E-state index contributed by atoms with van der Waals surface area (Å²) in [6.07, 6.45) is 2.39. The van der Waals surface area contributed by atoms with Gasteiger partial charge in [0, 0.05) is 18.7 Å². The van der Waals surface area contributed by atoms with Gasteiger partial charge in [0.05, 0.1) is 13.7 Å². The molecular weight excluding hydrogens is 332 g/mol. The summed E-state index contributed by atoms with van der Waals surface area (Å²) in [5.41, 5.74) is 0.659. The molecule has 2 aromatic carbocycles. The molecule has 1 saturated heterocycles. The van der Waals surface area contributed by atoms with Gasteiger partial charge in [0.25, 0.3) is 0 Å². The van der Waals surface area contributed by atoms with Crippen LogP contribution in [-0.4, -0.2) is 36.9 Å². The molecule has 0 atom stereocenters. The average molecular weight is 354 g/mol. The van der Waals surface area contributed by atoms with Gasteiger partial charge in [-0.1, -0.05) is 12.1 Å². The van der Waals surface area contributed by atoms with Crippen LogP contribution in [0.1, 0.15) is 19.3 Å². The van der Waals surface area contributed by atoms with Crippen LogP contribution >= 0.6 is 0 Å². The molecule has 6 heteroatoms. The van der Waals surface area contributed by atoms with Gasteiger partial charge in [-0.05, 0) is 49.2 Å². The van der Waals surface area contributed by atoms with Crippen molar-refractivity contribution in [3.05, 3.63) is 48.5 Å². The monoisotopic (exact) mass is 354 g/mol. The molecule has 1 N–H and O–H groups in total. The van der Waals surface area contributed by atoms with Crippen LogP contribution in [0.25, 0.3) is 0 Å². The van der Waals surface area contributed by atoms with Crippen molar-refractivity contribution in [2.24, 2.45) is 0 Å². The Morgan fingerprint density at radius 1 is 1.08 bits per heavy atom. The highest BCUT2D eigenvalue weighted by molar-refractivity contribution is 5.94. The van der Waals surface area contributed by atoms with E-state index in [1.165, 1.54) is 0 Å². The Balaban J connectivity index is 1.57. The van der Waals surface area contributed by atoms with Crippen LogP contribution in [0.4, 0.5) is 5.69 Å². The summed E-state index contributed by atoms with van der Waals surface area (Å²) in [5.74, 6) is 1.76. The van der Waals surface area contributed by atoms with Gasteiger partial charge in [0.2, 0.25) is 11.8 Å². The lowest BCUT2D eigenvalue weighted by molar-refractivity contribution is -0.136. The van der Waals surface area contributed by atoms with Crippen molar-refractivity contribution in [1.29, 1.82) is 0 Å². The van der Waals surface area contributed by atoms with E-state index in [9.17, 15) is 9.59 Å². The van der Waals surface area contributed by atoms with E-state index in [1.54, 1.807) is 36.3 Å². The van der Waals surface area contributed by atoms with E-state index in [0.29, 0.717) is 35.9 Å². The molecule has 1 aliphatic rings. The number of hydrogen-bond donors (Lipinski definition) is 1. The summed E-state index contributed by atoms with van der Waals surface area (Å²) < 4.78 is 11.1. The molecule has 26 heavy (non-hydrogen) atoms. The molecule has 2 aromatic rings. The number of ether oxygens (including phenoxy) is 2. The Morgan fingerprint density at radius 2 is 1.81 bits per heavy atom. The smallest absolute Gasteiger partial charge is 0.243 e. The van der Waals surface area contributed by atoms with Gasteiger partial charge in [0.15, 0.2) is 11.5 Å². The van der Waals surface area contributed by atoms with Gasteiger partial charge in [-0.3, -0.25) is 9.59 Å². The molecular formula is C20H22N2O4. The van der Waals surface area contributed by atoms with E-state index in [4.69, 9.17) is 9.47 Å². The van der Waals surface area contributed by atoms with Gasteiger partial charge < -0.3 is 19.7 Å². The number of methoxy groups -OCH3 is 1. The Kier molecular flexibility index (Phi) is 5.73. The van der Waals surface area contributed by atoms with Crippen molar-refractivity contribution >= 4 is 17.5 Å². The third kappa shape index (κ3) is 4.53. The van der Waals surface area contributed by atoms with E-state index in [0.717, 1.165) is 12.8 Å². The number of benzene rings is 2. The lowest BCUT2D eigenvalue weighted by atomic mass is 10.1. The van der Waals surface area contributed by atoms with E-state index in [2.05, 4.69) is 5.32 Å². The molecule has 0 bridgehead atoms. The molecule has 0 radical (unpaired) electrons. The van der Waals surface area contributed by atoms with E-state index < -0.39 is 0 Å². The minimum atomic E-state index is -0.196. The SMILES string of the molecule is COc1ccccc1Oc1ccc(NC(=O)CN2CCCCC2=O)cc1. The zero-order valence-corrected chi connectivity index (χ0v) is 14.7. The zero-order chi connectivity index (χ0) is 18.4. The lowest BCUT2D eigenvalue weighted by Gasteiger charge is -2.25. The van der Waals surface area contributed by atoms with Gasteiger partial charge in [-0.25, -0.2) is 0 Å². The molecule has 1 heterocycles. The fourth-order valence-corrected chi connectivity index (χ4v) is 2.84. The van der Waals surface area contributed by atoms with Crippen LogP contribution in [0.3, 0.4) is 0 Å². The fraction of sp³-hybridized carbons (Fsp3) is 0.300. The van der Waals surface area contributed by atoms with E-state index >= 15 is 0 Å². The number of nitrogens with zero attached hydrogens (tertiary/aromatic N) is 1. The lowest BCUT2D eigenvalue weighted by Crippen LogP contribution is -2.40. The zero-order valence-electron chi connectivity index (χ0n) is 14.7. The Labute approximate surface area is 152 Å². The van der Waals surface area contributed by atoms with E-state index in [1.807, 2.05) is 24.3 Å². The topological polar surface area (TPSA) is 67.9 Å². The first-order valence-electron chi connectivity index (χ1n) is 8.64. The number of anilines is 1. The maximum Gasteiger partial charge on any atom is 0.243 e. The quantitative estimate of drug-likeness (QED) is 0.863. The highest BCUT2D eigenvalue weighted by Gasteiger charge is 2.20. The maximum absolute atomic E-state index is 12.1. The van der Waals surface area contributed by atoms with Crippen LogP contribution < -0.4 is 14.8 Å². The summed E-state index contributed by atoms with van der Waals surface area (Å²) in [4.78, 5) is 25.5. The first-order chi connectivity index (χ1) is 12.7. The number of nitrogens with one attached hydrogen (secondary N) is 1. The first-order valence-corrected chi connectivity index (χ1v) is 8.64. The summed E-state index contributed by atoms with van der Waals surface area (Å²) >= 11 is 0. The third-order valence-electron chi connectivity index (χ3n) is 4.19. The Morgan fingerprint density at radius 3 is 2.50 bits per heavy atom. The minimum Gasteiger partial charge on any atom is -0.493 e. The second-order valence-corrected chi connectivity index (χ2v) is 6.10. The summed E-state index contributed by atoms with van der Waals surface area (Å²) in [6, 6.07) is 14.5. The fourth-order valence-electron chi connectivity index (χ4n) is 2.84. The highest BCUT2D eigenvalue weighted by Crippen LogP contribution is 2.31. The number of piperidine rings is 1. The molecule has 0 aromatic heterocycles. The van der Waals surface area contributed by atoms with Crippen LogP contribution in [0.15, 0.2) is 48.5 Å². The first kappa shape index (κ1) is 17.8. The number of amides is 2. The van der Waals surface area contributed by atoms with Gasteiger partial charge in [0.1, 0.15) is 5.75 Å². The number of rotatable bonds is 6. The molecule has 1 aliphatic heterocycles.